The molecule has 0 spiro atoms. The summed E-state index contributed by atoms with van der Waals surface area (Å²) in [5, 5.41) is 15.0. The summed E-state index contributed by atoms with van der Waals surface area (Å²) in [6, 6.07) is -0.484. The number of nitrogens with one attached hydrogen (secondary N) is 1. The van der Waals surface area contributed by atoms with E-state index < -0.39 is 27.0 Å². The molecule has 7 nitrogen and oxygen atoms in total. The van der Waals surface area contributed by atoms with E-state index in [1.165, 1.54) is 4.90 Å². The van der Waals surface area contributed by atoms with Crippen LogP contribution in [0.1, 0.15) is 23.7 Å². The lowest BCUT2D eigenvalue weighted by Crippen LogP contribution is -2.50. The van der Waals surface area contributed by atoms with Gasteiger partial charge in [-0.05, 0) is 6.42 Å². The highest BCUT2D eigenvalue weighted by molar-refractivity contribution is 7.94. The number of carbonyl (C=O) groups excluding carboxylic acids is 1. The molecule has 3 heterocycles. The van der Waals surface area contributed by atoms with Crippen LogP contribution in [-0.4, -0.2) is 52.1 Å². The minimum Gasteiger partial charge on any atom is -0.394 e. The molecule has 2 aliphatic rings. The third-order valence-corrected chi connectivity index (χ3v) is 5.75. The summed E-state index contributed by atoms with van der Waals surface area (Å²) >= 11 is 0. The van der Waals surface area contributed by atoms with Crippen molar-refractivity contribution < 1.29 is 18.3 Å². The Bertz CT molecular complexity index is 594. The van der Waals surface area contributed by atoms with E-state index in [2.05, 4.69) is 10.2 Å². The van der Waals surface area contributed by atoms with Gasteiger partial charge in [-0.1, -0.05) is 0 Å². The second-order valence-electron chi connectivity index (χ2n) is 4.61. The highest BCUT2D eigenvalue weighted by Gasteiger charge is 2.46. The zero-order valence-electron chi connectivity index (χ0n) is 9.54. The molecule has 1 amide bonds. The van der Waals surface area contributed by atoms with Crippen molar-refractivity contribution >= 4 is 15.7 Å². The van der Waals surface area contributed by atoms with Gasteiger partial charge in [0.1, 0.15) is 5.25 Å². The molecule has 0 radical (unpaired) electrons. The lowest BCUT2D eigenvalue weighted by molar-refractivity contribution is -0.134. The number of nitrogens with zero attached hydrogens (tertiary/aromatic N) is 2. The zero-order chi connectivity index (χ0) is 12.9. The summed E-state index contributed by atoms with van der Waals surface area (Å²) in [7, 11) is -3.26. The highest BCUT2D eigenvalue weighted by atomic mass is 32.2. The number of amides is 1. The quantitative estimate of drug-likeness (QED) is 0.716. The van der Waals surface area contributed by atoms with Crippen LogP contribution in [-0.2, 0) is 21.2 Å². The highest BCUT2D eigenvalue weighted by Crippen LogP contribution is 2.35. The first kappa shape index (κ1) is 11.7. The Hall–Kier alpha value is -1.41. The average molecular weight is 271 g/mol. The Kier molecular flexibility index (Phi) is 2.46. The van der Waals surface area contributed by atoms with Crippen LogP contribution in [0.2, 0.25) is 0 Å². The van der Waals surface area contributed by atoms with Gasteiger partial charge >= 0.3 is 0 Å². The standard InChI is InChI=1S/C10H13N3O4S/c14-5-8-6-3-11-12-7(6)4-13(8)10(15)9-1-2-18(9,16)17/h3,8-9,14H,1-2,4-5H2,(H,11,12). The molecule has 1 fully saturated rings. The van der Waals surface area contributed by atoms with E-state index in [-0.39, 0.29) is 18.9 Å². The molecule has 2 atom stereocenters. The number of H-pyrrole nitrogens is 1. The fourth-order valence-corrected chi connectivity index (χ4v) is 3.80. The number of sulfone groups is 1. The molecule has 1 aromatic heterocycles. The number of rotatable bonds is 2. The lowest BCUT2D eigenvalue weighted by Gasteiger charge is -2.32. The summed E-state index contributed by atoms with van der Waals surface area (Å²) < 4.78 is 23.0. The third kappa shape index (κ3) is 1.49. The molecule has 0 aliphatic carbocycles. The van der Waals surface area contributed by atoms with Gasteiger partial charge in [0, 0.05) is 5.56 Å². The molecular weight excluding hydrogens is 258 g/mol. The van der Waals surface area contributed by atoms with Gasteiger partial charge in [0.05, 0.1) is 36.8 Å². The predicted molar refractivity (Wildman–Crippen MR) is 61.2 cm³/mol. The second-order valence-corrected chi connectivity index (χ2v) is 6.92. The monoisotopic (exact) mass is 271 g/mol. The Balaban J connectivity index is 1.86. The fourth-order valence-electron chi connectivity index (χ4n) is 2.50. The molecule has 0 aromatic carbocycles. The smallest absolute Gasteiger partial charge is 0.241 e. The second kappa shape index (κ2) is 3.79. The SMILES string of the molecule is O=C(C1CCS1(=O)=O)N1Cc2[nH]ncc2C1CO. The summed E-state index contributed by atoms with van der Waals surface area (Å²) in [5.74, 6) is -0.335. The van der Waals surface area contributed by atoms with Crippen molar-refractivity contribution in [2.75, 3.05) is 12.4 Å². The van der Waals surface area contributed by atoms with E-state index in [4.69, 9.17) is 0 Å². The van der Waals surface area contributed by atoms with Crippen LogP contribution in [0.4, 0.5) is 0 Å². The molecule has 8 heteroatoms. The lowest BCUT2D eigenvalue weighted by atomic mass is 10.1. The van der Waals surface area contributed by atoms with Crippen LogP contribution >= 0.6 is 0 Å². The molecule has 2 aliphatic heterocycles. The molecule has 18 heavy (non-hydrogen) atoms. The maximum Gasteiger partial charge on any atom is 0.241 e. The molecule has 98 valence electrons. The van der Waals surface area contributed by atoms with Gasteiger partial charge in [-0.25, -0.2) is 8.42 Å². The molecule has 2 unspecified atom stereocenters. The van der Waals surface area contributed by atoms with Crippen molar-refractivity contribution in [2.24, 2.45) is 0 Å². The Labute approximate surface area is 104 Å². The minimum absolute atomic E-state index is 0.0773. The summed E-state index contributed by atoms with van der Waals surface area (Å²) in [6.45, 7) is 0.0520. The topological polar surface area (TPSA) is 103 Å². The molecular formula is C10H13N3O4S. The van der Waals surface area contributed by atoms with Crippen molar-refractivity contribution in [1.29, 1.82) is 0 Å². The Morgan fingerprint density at radius 2 is 2.39 bits per heavy atom. The molecule has 1 saturated heterocycles. The predicted octanol–water partition coefficient (Wildman–Crippen LogP) is -1.03. The number of aromatic amines is 1. The fraction of sp³-hybridized carbons (Fsp3) is 0.600. The van der Waals surface area contributed by atoms with Crippen molar-refractivity contribution in [3.63, 3.8) is 0 Å². The van der Waals surface area contributed by atoms with Crippen molar-refractivity contribution in [1.82, 2.24) is 15.1 Å². The van der Waals surface area contributed by atoms with Gasteiger partial charge in [0.15, 0.2) is 9.84 Å². The number of hydrogen-bond donors (Lipinski definition) is 2. The van der Waals surface area contributed by atoms with Crippen molar-refractivity contribution in [3.05, 3.63) is 17.5 Å². The number of fused-ring (bicyclic) bond motifs is 1. The molecule has 3 rings (SSSR count). The van der Waals surface area contributed by atoms with Gasteiger partial charge in [0.25, 0.3) is 0 Å². The van der Waals surface area contributed by atoms with Crippen LogP contribution in [0.5, 0.6) is 0 Å². The first-order chi connectivity index (χ1) is 8.54. The molecule has 0 bridgehead atoms. The minimum atomic E-state index is -3.26. The number of aromatic nitrogens is 2. The summed E-state index contributed by atoms with van der Waals surface area (Å²) in [6.07, 6.45) is 1.95. The number of aliphatic hydroxyl groups excluding tert-OH is 1. The van der Waals surface area contributed by atoms with E-state index in [1.807, 2.05) is 0 Å². The largest absolute Gasteiger partial charge is 0.394 e. The van der Waals surface area contributed by atoms with Crippen LogP contribution in [0.3, 0.4) is 0 Å². The first-order valence-electron chi connectivity index (χ1n) is 5.69. The van der Waals surface area contributed by atoms with E-state index in [0.29, 0.717) is 6.42 Å². The van der Waals surface area contributed by atoms with Crippen LogP contribution in [0.25, 0.3) is 0 Å². The average Bonchev–Trinajstić information content (AvgIpc) is 2.86. The summed E-state index contributed by atoms with van der Waals surface area (Å²) in [4.78, 5) is 13.6. The van der Waals surface area contributed by atoms with Crippen LogP contribution < -0.4 is 0 Å². The van der Waals surface area contributed by atoms with Crippen molar-refractivity contribution in [3.8, 4) is 0 Å². The van der Waals surface area contributed by atoms with E-state index in [9.17, 15) is 18.3 Å². The van der Waals surface area contributed by atoms with Crippen molar-refractivity contribution in [2.45, 2.75) is 24.3 Å². The third-order valence-electron chi connectivity index (χ3n) is 3.64. The van der Waals surface area contributed by atoms with Crippen LogP contribution in [0.15, 0.2) is 6.20 Å². The van der Waals surface area contributed by atoms with Gasteiger partial charge in [-0.2, -0.15) is 5.10 Å². The number of aliphatic hydroxyl groups is 1. The van der Waals surface area contributed by atoms with Gasteiger partial charge < -0.3 is 10.0 Å². The van der Waals surface area contributed by atoms with E-state index in [0.717, 1.165) is 11.3 Å². The summed E-state index contributed by atoms with van der Waals surface area (Å²) in [5.41, 5.74) is 1.53. The van der Waals surface area contributed by atoms with Gasteiger partial charge in [-0.3, -0.25) is 9.89 Å². The maximum atomic E-state index is 12.2. The molecule has 2 N–H and O–H groups in total. The Morgan fingerprint density at radius 3 is 2.94 bits per heavy atom. The zero-order valence-corrected chi connectivity index (χ0v) is 10.4. The molecule has 1 aromatic rings. The molecule has 0 saturated carbocycles. The van der Waals surface area contributed by atoms with Crippen LogP contribution in [0, 0.1) is 0 Å². The first-order valence-corrected chi connectivity index (χ1v) is 7.41. The number of carbonyl (C=O) groups is 1. The van der Waals surface area contributed by atoms with E-state index >= 15 is 0 Å². The van der Waals surface area contributed by atoms with E-state index in [1.54, 1.807) is 6.20 Å². The van der Waals surface area contributed by atoms with Gasteiger partial charge in [0.2, 0.25) is 5.91 Å². The number of hydrogen-bond acceptors (Lipinski definition) is 5. The Morgan fingerprint density at radius 1 is 1.61 bits per heavy atom. The normalized spacial score (nSPS) is 28.8. The van der Waals surface area contributed by atoms with Gasteiger partial charge in [-0.15, -0.1) is 0 Å². The maximum absolute atomic E-state index is 12.2.